The molecule has 1 heterocycles. The second-order valence-corrected chi connectivity index (χ2v) is 6.14. The lowest BCUT2D eigenvalue weighted by atomic mass is 9.89. The molecule has 4 rings (SSSR count). The van der Waals surface area contributed by atoms with Gasteiger partial charge in [0, 0.05) is 11.3 Å². The summed E-state index contributed by atoms with van der Waals surface area (Å²) in [6, 6.07) is 16.2. The van der Waals surface area contributed by atoms with Gasteiger partial charge in [0.15, 0.2) is 0 Å². The lowest BCUT2D eigenvalue weighted by Crippen LogP contribution is -2.35. The summed E-state index contributed by atoms with van der Waals surface area (Å²) >= 11 is 0. The van der Waals surface area contributed by atoms with Gasteiger partial charge in [-0.25, -0.2) is 0 Å². The second kappa shape index (κ2) is 4.66. The second-order valence-electron chi connectivity index (χ2n) is 6.14. The highest BCUT2D eigenvalue weighted by Gasteiger charge is 2.36. The molecule has 2 aromatic carbocycles. The minimum atomic E-state index is 0.162. The average Bonchev–Trinajstić information content (AvgIpc) is 2.86. The van der Waals surface area contributed by atoms with E-state index in [0.717, 1.165) is 11.5 Å². The standard InChI is InChI=1S/C19H19NO/c1-19-11-5-6-15(19)12-14-13-17(9-10-18(14)20-19)21-16-7-3-2-4-8-16/h2-4,7-10,12-13,20H,5-6,11H2,1H3. The van der Waals surface area contributed by atoms with Gasteiger partial charge in [-0.1, -0.05) is 24.3 Å². The van der Waals surface area contributed by atoms with E-state index in [9.17, 15) is 0 Å². The van der Waals surface area contributed by atoms with Crippen molar-refractivity contribution in [3.63, 3.8) is 0 Å². The van der Waals surface area contributed by atoms with Crippen LogP contribution in [0, 0.1) is 0 Å². The lowest BCUT2D eigenvalue weighted by molar-refractivity contribution is 0.482. The van der Waals surface area contributed by atoms with Crippen LogP contribution in [0.5, 0.6) is 11.5 Å². The molecule has 2 heteroatoms. The SMILES string of the molecule is CC12CCCC1=Cc1cc(Oc3ccccc3)ccc1N2. The molecule has 2 nitrogen and oxygen atoms in total. The first kappa shape index (κ1) is 12.5. The third kappa shape index (κ3) is 2.21. The van der Waals surface area contributed by atoms with E-state index in [2.05, 4.69) is 30.4 Å². The van der Waals surface area contributed by atoms with Crippen molar-refractivity contribution in [2.45, 2.75) is 31.7 Å². The van der Waals surface area contributed by atoms with Gasteiger partial charge in [-0.15, -0.1) is 0 Å². The van der Waals surface area contributed by atoms with Gasteiger partial charge in [-0.05, 0) is 62.1 Å². The normalized spacial score (nSPS) is 22.8. The zero-order valence-corrected chi connectivity index (χ0v) is 12.2. The molecule has 0 bridgehead atoms. The fourth-order valence-corrected chi connectivity index (χ4v) is 3.39. The van der Waals surface area contributed by atoms with E-state index in [1.165, 1.54) is 36.1 Å². The van der Waals surface area contributed by atoms with Gasteiger partial charge in [0.2, 0.25) is 0 Å². The number of hydrogen-bond acceptors (Lipinski definition) is 2. The van der Waals surface area contributed by atoms with Gasteiger partial charge in [0.05, 0.1) is 5.54 Å². The zero-order chi connectivity index (χ0) is 14.3. The first-order valence-electron chi connectivity index (χ1n) is 7.59. The van der Waals surface area contributed by atoms with Crippen LogP contribution in [0.3, 0.4) is 0 Å². The Labute approximate surface area is 125 Å². The van der Waals surface area contributed by atoms with E-state index in [1.807, 2.05) is 36.4 Å². The first-order chi connectivity index (χ1) is 10.2. The molecule has 1 aliphatic heterocycles. The number of nitrogens with one attached hydrogen (secondary N) is 1. The number of benzene rings is 2. The Hall–Kier alpha value is -2.22. The molecule has 1 atom stereocenters. The van der Waals surface area contributed by atoms with Crippen LogP contribution < -0.4 is 10.1 Å². The molecular weight excluding hydrogens is 258 g/mol. The van der Waals surface area contributed by atoms with Gasteiger partial charge in [-0.3, -0.25) is 0 Å². The highest BCUT2D eigenvalue weighted by molar-refractivity contribution is 5.76. The Balaban J connectivity index is 1.66. The molecule has 0 amide bonds. The third-order valence-electron chi connectivity index (χ3n) is 4.57. The van der Waals surface area contributed by atoms with Crippen LogP contribution in [0.15, 0.2) is 54.1 Å². The van der Waals surface area contributed by atoms with Crippen molar-refractivity contribution >= 4 is 11.8 Å². The maximum atomic E-state index is 5.92. The Morgan fingerprint density at radius 3 is 2.76 bits per heavy atom. The van der Waals surface area contributed by atoms with Crippen molar-refractivity contribution < 1.29 is 4.74 Å². The fraction of sp³-hybridized carbons (Fsp3) is 0.263. The monoisotopic (exact) mass is 277 g/mol. The fourth-order valence-electron chi connectivity index (χ4n) is 3.39. The number of anilines is 1. The summed E-state index contributed by atoms with van der Waals surface area (Å²) in [5.41, 5.74) is 4.13. The minimum absolute atomic E-state index is 0.162. The van der Waals surface area contributed by atoms with E-state index in [1.54, 1.807) is 0 Å². The van der Waals surface area contributed by atoms with Gasteiger partial charge in [-0.2, -0.15) is 0 Å². The van der Waals surface area contributed by atoms with Crippen molar-refractivity contribution in [2.75, 3.05) is 5.32 Å². The molecule has 1 fully saturated rings. The molecule has 0 spiro atoms. The Bertz CT molecular complexity index is 705. The van der Waals surface area contributed by atoms with Crippen LogP contribution in [-0.4, -0.2) is 5.54 Å². The first-order valence-corrected chi connectivity index (χ1v) is 7.59. The van der Waals surface area contributed by atoms with Crippen LogP contribution in [0.2, 0.25) is 0 Å². The molecule has 106 valence electrons. The van der Waals surface area contributed by atoms with Crippen molar-refractivity contribution in [3.8, 4) is 11.5 Å². The molecule has 2 aliphatic rings. The molecule has 1 saturated carbocycles. The van der Waals surface area contributed by atoms with Crippen LogP contribution in [0.25, 0.3) is 6.08 Å². The van der Waals surface area contributed by atoms with Crippen molar-refractivity contribution in [3.05, 3.63) is 59.7 Å². The minimum Gasteiger partial charge on any atom is -0.457 e. The summed E-state index contributed by atoms with van der Waals surface area (Å²) in [5.74, 6) is 1.76. The highest BCUT2D eigenvalue weighted by Crippen LogP contribution is 2.44. The number of para-hydroxylation sites is 1. The third-order valence-corrected chi connectivity index (χ3v) is 4.57. The molecule has 1 N–H and O–H groups in total. The maximum Gasteiger partial charge on any atom is 0.128 e. The van der Waals surface area contributed by atoms with Crippen LogP contribution in [0.1, 0.15) is 31.7 Å². The summed E-state index contributed by atoms with van der Waals surface area (Å²) in [5, 5.41) is 3.70. The van der Waals surface area contributed by atoms with Crippen molar-refractivity contribution in [1.82, 2.24) is 0 Å². The molecule has 1 unspecified atom stereocenters. The Morgan fingerprint density at radius 2 is 1.90 bits per heavy atom. The topological polar surface area (TPSA) is 21.3 Å². The number of hydrogen-bond donors (Lipinski definition) is 1. The Kier molecular flexibility index (Phi) is 2.78. The molecule has 0 aromatic heterocycles. The van der Waals surface area contributed by atoms with E-state index >= 15 is 0 Å². The van der Waals surface area contributed by atoms with Gasteiger partial charge < -0.3 is 10.1 Å². The summed E-state index contributed by atoms with van der Waals surface area (Å²) in [4.78, 5) is 0. The summed E-state index contributed by atoms with van der Waals surface area (Å²) in [6.45, 7) is 2.31. The van der Waals surface area contributed by atoms with Gasteiger partial charge in [0.25, 0.3) is 0 Å². The molecule has 0 radical (unpaired) electrons. The van der Waals surface area contributed by atoms with Crippen molar-refractivity contribution in [2.24, 2.45) is 0 Å². The Morgan fingerprint density at radius 1 is 1.05 bits per heavy atom. The molecule has 1 aliphatic carbocycles. The average molecular weight is 277 g/mol. The van der Waals surface area contributed by atoms with Gasteiger partial charge in [0.1, 0.15) is 11.5 Å². The summed E-state index contributed by atoms with van der Waals surface area (Å²) in [7, 11) is 0. The molecule has 0 saturated heterocycles. The predicted molar refractivity (Wildman–Crippen MR) is 86.8 cm³/mol. The van der Waals surface area contributed by atoms with Gasteiger partial charge >= 0.3 is 0 Å². The van der Waals surface area contributed by atoms with E-state index in [0.29, 0.717) is 0 Å². The van der Waals surface area contributed by atoms with E-state index < -0.39 is 0 Å². The smallest absolute Gasteiger partial charge is 0.128 e. The zero-order valence-electron chi connectivity index (χ0n) is 12.2. The largest absolute Gasteiger partial charge is 0.457 e. The molecule has 21 heavy (non-hydrogen) atoms. The number of fused-ring (bicyclic) bond motifs is 2. The lowest BCUT2D eigenvalue weighted by Gasteiger charge is -2.33. The molecular formula is C19H19NO. The van der Waals surface area contributed by atoms with Crippen LogP contribution in [0.4, 0.5) is 5.69 Å². The van der Waals surface area contributed by atoms with E-state index in [4.69, 9.17) is 4.74 Å². The van der Waals surface area contributed by atoms with E-state index in [-0.39, 0.29) is 5.54 Å². The highest BCUT2D eigenvalue weighted by atomic mass is 16.5. The van der Waals surface area contributed by atoms with Crippen molar-refractivity contribution in [1.29, 1.82) is 0 Å². The van der Waals surface area contributed by atoms with Crippen LogP contribution in [-0.2, 0) is 0 Å². The predicted octanol–water partition coefficient (Wildman–Crippen LogP) is 5.23. The summed E-state index contributed by atoms with van der Waals surface area (Å²) < 4.78 is 5.92. The number of rotatable bonds is 2. The summed E-state index contributed by atoms with van der Waals surface area (Å²) in [6.07, 6.45) is 6.04. The molecule has 2 aromatic rings. The number of ether oxygens (including phenoxy) is 1. The van der Waals surface area contributed by atoms with Crippen LogP contribution >= 0.6 is 0 Å². The maximum absolute atomic E-state index is 5.92. The quantitative estimate of drug-likeness (QED) is 0.811.